The fourth-order valence-corrected chi connectivity index (χ4v) is 5.33. The summed E-state index contributed by atoms with van der Waals surface area (Å²) in [6, 6.07) is 2.28. The average molecular weight is 404 g/mol. The van der Waals surface area contributed by atoms with Crippen LogP contribution < -0.4 is 4.90 Å². The zero-order valence-electron chi connectivity index (χ0n) is 14.7. The number of alkyl halides is 3. The quantitative estimate of drug-likeness (QED) is 0.732. The van der Waals surface area contributed by atoms with Gasteiger partial charge in [-0.25, -0.2) is 4.90 Å². The van der Waals surface area contributed by atoms with Crippen molar-refractivity contribution in [1.82, 2.24) is 0 Å². The van der Waals surface area contributed by atoms with Gasteiger partial charge in [-0.3, -0.25) is 9.59 Å². The highest BCUT2D eigenvalue weighted by atomic mass is 35.5. The van der Waals surface area contributed by atoms with Crippen molar-refractivity contribution in [2.75, 3.05) is 4.90 Å². The second-order valence-corrected chi connectivity index (χ2v) is 8.26. The van der Waals surface area contributed by atoms with Crippen molar-refractivity contribution < 1.29 is 32.6 Å². The van der Waals surface area contributed by atoms with Gasteiger partial charge in [0.15, 0.2) is 0 Å². The van der Waals surface area contributed by atoms with E-state index < -0.39 is 57.7 Å². The standard InChI is InChI=1S/C18H17ClF3NO4/c1-7-9(5-4-8(19)11(7)18(20,21)22)23-14(25)12-13(15(23)26)17(3)10(24)6-16(12,2)27-17/h4-5,10,12-13,24H,6H2,1-3H3/t10-,12+,13-,16+,17-/m1/s1. The molecule has 0 spiro atoms. The van der Waals surface area contributed by atoms with E-state index in [4.69, 9.17) is 16.3 Å². The first kappa shape index (κ1) is 18.7. The molecule has 0 unspecified atom stereocenters. The molecule has 5 atom stereocenters. The van der Waals surface area contributed by atoms with Crippen LogP contribution in [0.25, 0.3) is 0 Å². The van der Waals surface area contributed by atoms with E-state index in [2.05, 4.69) is 0 Å². The Morgan fingerprint density at radius 3 is 2.41 bits per heavy atom. The lowest BCUT2D eigenvalue weighted by molar-refractivity contribution is -0.138. The van der Waals surface area contributed by atoms with Crippen LogP contribution in [0.5, 0.6) is 0 Å². The van der Waals surface area contributed by atoms with Gasteiger partial charge in [0.1, 0.15) is 5.60 Å². The summed E-state index contributed by atoms with van der Waals surface area (Å²) in [4.78, 5) is 26.9. The van der Waals surface area contributed by atoms with Gasteiger partial charge in [0, 0.05) is 6.42 Å². The Bertz CT molecular complexity index is 888. The lowest BCUT2D eigenvalue weighted by Crippen LogP contribution is -2.49. The molecule has 0 saturated carbocycles. The molecule has 2 amide bonds. The zero-order chi connectivity index (χ0) is 20.1. The number of nitrogens with zero attached hydrogens (tertiary/aromatic N) is 1. The van der Waals surface area contributed by atoms with Crippen molar-refractivity contribution in [3.05, 3.63) is 28.3 Å². The molecule has 0 radical (unpaired) electrons. The zero-order valence-corrected chi connectivity index (χ0v) is 15.5. The number of rotatable bonds is 1. The number of imide groups is 1. The molecule has 3 fully saturated rings. The predicted molar refractivity (Wildman–Crippen MR) is 89.2 cm³/mol. The topological polar surface area (TPSA) is 66.8 Å². The number of hydrogen-bond acceptors (Lipinski definition) is 4. The predicted octanol–water partition coefficient (Wildman–Crippen LogP) is 3.09. The molecule has 4 rings (SSSR count). The lowest BCUT2D eigenvalue weighted by atomic mass is 9.67. The summed E-state index contributed by atoms with van der Waals surface area (Å²) in [5, 5.41) is 9.82. The highest BCUT2D eigenvalue weighted by Gasteiger charge is 2.75. The molecule has 0 aromatic heterocycles. The third kappa shape index (κ3) is 2.20. The number of anilines is 1. The third-order valence-corrected chi connectivity index (χ3v) is 6.52. The molecule has 3 heterocycles. The van der Waals surface area contributed by atoms with Gasteiger partial charge in [0.05, 0.1) is 39.8 Å². The van der Waals surface area contributed by atoms with Crippen LogP contribution in [0.2, 0.25) is 5.02 Å². The largest absolute Gasteiger partial charge is 0.418 e. The molecule has 146 valence electrons. The summed E-state index contributed by atoms with van der Waals surface area (Å²) < 4.78 is 46.0. The first-order valence-electron chi connectivity index (χ1n) is 8.45. The molecule has 9 heteroatoms. The van der Waals surface area contributed by atoms with E-state index in [9.17, 15) is 27.9 Å². The minimum atomic E-state index is -4.73. The number of carbonyl (C=O) groups is 2. The summed E-state index contributed by atoms with van der Waals surface area (Å²) in [5.41, 5.74) is -3.78. The summed E-state index contributed by atoms with van der Waals surface area (Å²) in [6.07, 6.45) is -5.47. The molecule has 3 aliphatic rings. The minimum Gasteiger partial charge on any atom is -0.390 e. The van der Waals surface area contributed by atoms with Crippen LogP contribution in [0, 0.1) is 18.8 Å². The molecule has 0 aliphatic carbocycles. The van der Waals surface area contributed by atoms with E-state index in [1.807, 2.05) is 0 Å². The van der Waals surface area contributed by atoms with Crippen LogP contribution in [-0.2, 0) is 20.5 Å². The maximum absolute atomic E-state index is 13.4. The van der Waals surface area contributed by atoms with Gasteiger partial charge in [-0.05, 0) is 38.5 Å². The monoisotopic (exact) mass is 403 g/mol. The molecule has 1 N–H and O–H groups in total. The Labute approximate surface area is 158 Å². The van der Waals surface area contributed by atoms with Gasteiger partial charge in [-0.1, -0.05) is 11.6 Å². The number of benzene rings is 1. The number of hydrogen-bond donors (Lipinski definition) is 1. The Morgan fingerprint density at radius 2 is 1.81 bits per heavy atom. The number of aliphatic hydroxyl groups is 1. The molecular formula is C18H17ClF3NO4. The maximum atomic E-state index is 13.4. The van der Waals surface area contributed by atoms with Crippen LogP contribution in [0.4, 0.5) is 18.9 Å². The highest BCUT2D eigenvalue weighted by Crippen LogP contribution is 2.61. The molecule has 27 heavy (non-hydrogen) atoms. The van der Waals surface area contributed by atoms with Crippen molar-refractivity contribution in [2.45, 2.75) is 50.7 Å². The van der Waals surface area contributed by atoms with Gasteiger partial charge in [-0.2, -0.15) is 13.2 Å². The van der Waals surface area contributed by atoms with Gasteiger partial charge in [0.25, 0.3) is 0 Å². The maximum Gasteiger partial charge on any atom is 0.418 e. The molecule has 2 bridgehead atoms. The van der Waals surface area contributed by atoms with Crippen molar-refractivity contribution in [3.8, 4) is 0 Å². The molecule has 1 aromatic rings. The SMILES string of the molecule is Cc1c(N2C(=O)[C@@H]3[C@H](C2=O)[C@]2(C)O[C@@]3(C)C[C@H]2O)ccc(Cl)c1C(F)(F)F. The minimum absolute atomic E-state index is 0.141. The number of aliphatic hydroxyl groups excluding tert-OH is 1. The summed E-state index contributed by atoms with van der Waals surface area (Å²) in [7, 11) is 0. The summed E-state index contributed by atoms with van der Waals surface area (Å²) in [6.45, 7) is 4.40. The fourth-order valence-electron chi connectivity index (χ4n) is 5.02. The van der Waals surface area contributed by atoms with Gasteiger partial charge in [0.2, 0.25) is 11.8 Å². The van der Waals surface area contributed by atoms with Crippen molar-refractivity contribution in [3.63, 3.8) is 0 Å². The van der Waals surface area contributed by atoms with Crippen molar-refractivity contribution >= 4 is 29.1 Å². The van der Waals surface area contributed by atoms with Crippen molar-refractivity contribution in [2.24, 2.45) is 11.8 Å². The molecular weight excluding hydrogens is 387 g/mol. The molecule has 3 saturated heterocycles. The van der Waals surface area contributed by atoms with E-state index in [0.29, 0.717) is 0 Å². The molecule has 1 aromatic carbocycles. The van der Waals surface area contributed by atoms with Gasteiger partial charge < -0.3 is 9.84 Å². The summed E-state index contributed by atoms with van der Waals surface area (Å²) in [5.74, 6) is -3.05. The van der Waals surface area contributed by atoms with Crippen molar-refractivity contribution in [1.29, 1.82) is 0 Å². The first-order chi connectivity index (χ1) is 12.3. The number of fused-ring (bicyclic) bond motifs is 5. The molecule has 5 nitrogen and oxygen atoms in total. The van der Waals surface area contributed by atoms with Crippen LogP contribution >= 0.6 is 11.6 Å². The number of amides is 2. The second-order valence-electron chi connectivity index (χ2n) is 7.85. The van der Waals surface area contributed by atoms with Crippen LogP contribution in [0.1, 0.15) is 31.4 Å². The van der Waals surface area contributed by atoms with E-state index in [0.717, 1.165) is 11.0 Å². The number of carbonyl (C=O) groups excluding carboxylic acids is 2. The summed E-state index contributed by atoms with van der Waals surface area (Å²) >= 11 is 5.72. The Kier molecular flexibility index (Phi) is 3.63. The average Bonchev–Trinajstić information content (AvgIpc) is 3.01. The van der Waals surface area contributed by atoms with E-state index in [-0.39, 0.29) is 17.7 Å². The van der Waals surface area contributed by atoms with Crippen LogP contribution in [-0.4, -0.2) is 34.2 Å². The number of ether oxygens (including phenoxy) is 1. The van der Waals surface area contributed by atoms with E-state index in [1.165, 1.54) is 13.0 Å². The van der Waals surface area contributed by atoms with Crippen LogP contribution in [0.15, 0.2) is 12.1 Å². The second kappa shape index (κ2) is 5.24. The third-order valence-electron chi connectivity index (χ3n) is 6.20. The first-order valence-corrected chi connectivity index (χ1v) is 8.83. The smallest absolute Gasteiger partial charge is 0.390 e. The Balaban J connectivity index is 1.85. The highest BCUT2D eigenvalue weighted by molar-refractivity contribution is 6.32. The van der Waals surface area contributed by atoms with E-state index in [1.54, 1.807) is 13.8 Å². The van der Waals surface area contributed by atoms with Crippen LogP contribution in [0.3, 0.4) is 0 Å². The van der Waals surface area contributed by atoms with E-state index >= 15 is 0 Å². The fraction of sp³-hybridized carbons (Fsp3) is 0.556. The van der Waals surface area contributed by atoms with Gasteiger partial charge >= 0.3 is 6.18 Å². The normalized spacial score (nSPS) is 38.1. The Hall–Kier alpha value is -1.64. The Morgan fingerprint density at radius 1 is 1.22 bits per heavy atom. The lowest BCUT2D eigenvalue weighted by Gasteiger charge is -2.31. The van der Waals surface area contributed by atoms with Gasteiger partial charge in [-0.15, -0.1) is 0 Å². The molecule has 3 aliphatic heterocycles. The number of halogens is 4.